The largest absolute Gasteiger partial charge is 0.383 e. The Morgan fingerprint density at radius 1 is 1.38 bits per heavy atom. The Morgan fingerprint density at radius 2 is 2.12 bits per heavy atom. The number of aliphatic hydroxyl groups is 1. The van der Waals surface area contributed by atoms with Crippen LogP contribution in [0.4, 0.5) is 5.82 Å². The van der Waals surface area contributed by atoms with Crippen LogP contribution in [0.3, 0.4) is 0 Å². The standard InChI is InChI=1S/C10H8Cl2N2OS/c11-5-3-6(10(13)14-4-5)9(15)7-1-2-8(12)16-7/h1-4,9,15H,(H2,13,14). The molecule has 0 aliphatic carbocycles. The lowest BCUT2D eigenvalue weighted by Crippen LogP contribution is -2.04. The number of pyridine rings is 1. The molecule has 0 fully saturated rings. The molecule has 0 amide bonds. The molecule has 3 N–H and O–H groups in total. The van der Waals surface area contributed by atoms with E-state index >= 15 is 0 Å². The van der Waals surface area contributed by atoms with Crippen LogP contribution >= 0.6 is 34.5 Å². The van der Waals surface area contributed by atoms with Crippen LogP contribution in [-0.2, 0) is 0 Å². The first-order chi connectivity index (χ1) is 7.58. The zero-order valence-corrected chi connectivity index (χ0v) is 10.4. The first-order valence-electron chi connectivity index (χ1n) is 4.42. The predicted octanol–water partition coefficient (Wildman–Crippen LogP) is 3.11. The highest BCUT2D eigenvalue weighted by Gasteiger charge is 2.16. The van der Waals surface area contributed by atoms with Gasteiger partial charge in [0.05, 0.1) is 9.36 Å². The Balaban J connectivity index is 2.40. The molecule has 0 spiro atoms. The van der Waals surface area contributed by atoms with Crippen molar-refractivity contribution in [1.29, 1.82) is 0 Å². The minimum Gasteiger partial charge on any atom is -0.383 e. The van der Waals surface area contributed by atoms with Crippen molar-refractivity contribution in [3.63, 3.8) is 0 Å². The topological polar surface area (TPSA) is 59.1 Å². The fourth-order valence-corrected chi connectivity index (χ4v) is 2.55. The van der Waals surface area contributed by atoms with Crippen molar-refractivity contribution in [3.8, 4) is 0 Å². The molecule has 6 heteroatoms. The van der Waals surface area contributed by atoms with Gasteiger partial charge in [0.15, 0.2) is 0 Å². The number of nitrogen functional groups attached to an aromatic ring is 1. The molecular weight excluding hydrogens is 267 g/mol. The van der Waals surface area contributed by atoms with E-state index < -0.39 is 6.10 Å². The summed E-state index contributed by atoms with van der Waals surface area (Å²) in [5, 5.41) is 10.5. The Hall–Kier alpha value is -0.810. The Kier molecular flexibility index (Phi) is 3.35. The fraction of sp³-hybridized carbons (Fsp3) is 0.100. The van der Waals surface area contributed by atoms with Crippen molar-refractivity contribution in [2.45, 2.75) is 6.10 Å². The summed E-state index contributed by atoms with van der Waals surface area (Å²) in [5.74, 6) is 0.265. The number of nitrogens with two attached hydrogens (primary N) is 1. The SMILES string of the molecule is Nc1ncc(Cl)cc1C(O)c1ccc(Cl)s1. The number of hydrogen-bond donors (Lipinski definition) is 2. The van der Waals surface area contributed by atoms with E-state index in [0.29, 0.717) is 19.8 Å². The first-order valence-corrected chi connectivity index (χ1v) is 5.99. The third-order valence-electron chi connectivity index (χ3n) is 2.07. The molecule has 0 aliphatic rings. The number of thiophene rings is 1. The van der Waals surface area contributed by atoms with Crippen molar-refractivity contribution >= 4 is 40.4 Å². The van der Waals surface area contributed by atoms with E-state index in [1.54, 1.807) is 18.2 Å². The zero-order chi connectivity index (χ0) is 11.7. The van der Waals surface area contributed by atoms with Crippen molar-refractivity contribution in [3.05, 3.63) is 44.2 Å². The molecule has 0 bridgehead atoms. The van der Waals surface area contributed by atoms with Crippen LogP contribution in [0.5, 0.6) is 0 Å². The average molecular weight is 275 g/mol. The molecule has 2 aromatic heterocycles. The molecule has 0 aliphatic heterocycles. The Labute approximate surface area is 106 Å². The highest BCUT2D eigenvalue weighted by atomic mass is 35.5. The smallest absolute Gasteiger partial charge is 0.129 e. The summed E-state index contributed by atoms with van der Waals surface area (Å²) in [6.07, 6.45) is 0.595. The highest BCUT2D eigenvalue weighted by molar-refractivity contribution is 7.16. The summed E-state index contributed by atoms with van der Waals surface area (Å²) in [6, 6.07) is 5.07. The second kappa shape index (κ2) is 4.59. The van der Waals surface area contributed by atoms with E-state index in [4.69, 9.17) is 28.9 Å². The molecule has 2 aromatic rings. The van der Waals surface area contributed by atoms with Crippen molar-refractivity contribution in [2.75, 3.05) is 5.73 Å². The molecule has 1 atom stereocenters. The van der Waals surface area contributed by atoms with Gasteiger partial charge in [-0.05, 0) is 18.2 Å². The lowest BCUT2D eigenvalue weighted by atomic mass is 10.1. The normalized spacial score (nSPS) is 12.7. The molecular formula is C10H8Cl2N2OS. The summed E-state index contributed by atoms with van der Waals surface area (Å²) >= 11 is 12.9. The van der Waals surface area contributed by atoms with E-state index in [0.717, 1.165) is 0 Å². The van der Waals surface area contributed by atoms with Gasteiger partial charge < -0.3 is 10.8 Å². The summed E-state index contributed by atoms with van der Waals surface area (Å²) in [5.41, 5.74) is 6.17. The van der Waals surface area contributed by atoms with Gasteiger partial charge in [-0.2, -0.15) is 0 Å². The third-order valence-corrected chi connectivity index (χ3v) is 3.56. The van der Waals surface area contributed by atoms with Gasteiger partial charge in [-0.3, -0.25) is 0 Å². The maximum atomic E-state index is 10.1. The zero-order valence-electron chi connectivity index (χ0n) is 8.02. The van der Waals surface area contributed by atoms with E-state index in [2.05, 4.69) is 4.98 Å². The maximum Gasteiger partial charge on any atom is 0.129 e. The van der Waals surface area contributed by atoms with E-state index in [-0.39, 0.29) is 5.82 Å². The average Bonchev–Trinajstić information content (AvgIpc) is 2.67. The number of hydrogen-bond acceptors (Lipinski definition) is 4. The minimum atomic E-state index is -0.844. The van der Waals surface area contributed by atoms with Crippen LogP contribution in [0.1, 0.15) is 16.5 Å². The monoisotopic (exact) mass is 274 g/mol. The first kappa shape index (κ1) is 11.7. The molecule has 0 aromatic carbocycles. The number of halogens is 2. The molecule has 2 heterocycles. The number of aliphatic hydroxyl groups excluding tert-OH is 1. The highest BCUT2D eigenvalue weighted by Crippen LogP contribution is 2.33. The van der Waals surface area contributed by atoms with E-state index in [1.807, 2.05) is 0 Å². The quantitative estimate of drug-likeness (QED) is 0.885. The van der Waals surface area contributed by atoms with Gasteiger partial charge in [-0.15, -0.1) is 11.3 Å². The van der Waals surface area contributed by atoms with Crippen LogP contribution in [0.2, 0.25) is 9.36 Å². The molecule has 0 saturated carbocycles. The third kappa shape index (κ3) is 2.30. The molecule has 84 valence electrons. The molecule has 1 unspecified atom stereocenters. The maximum absolute atomic E-state index is 10.1. The van der Waals surface area contributed by atoms with Gasteiger partial charge in [-0.25, -0.2) is 4.98 Å². The van der Waals surface area contributed by atoms with Crippen molar-refractivity contribution < 1.29 is 5.11 Å². The van der Waals surface area contributed by atoms with Gasteiger partial charge in [0.1, 0.15) is 11.9 Å². The number of nitrogens with zero attached hydrogens (tertiary/aromatic N) is 1. The minimum absolute atomic E-state index is 0.265. The van der Waals surface area contributed by atoms with Gasteiger partial charge in [0, 0.05) is 16.6 Å². The van der Waals surface area contributed by atoms with Gasteiger partial charge >= 0.3 is 0 Å². The lowest BCUT2D eigenvalue weighted by molar-refractivity contribution is 0.224. The summed E-state index contributed by atoms with van der Waals surface area (Å²) in [4.78, 5) is 4.60. The number of rotatable bonds is 2. The van der Waals surface area contributed by atoms with Gasteiger partial charge in [0.2, 0.25) is 0 Å². The van der Waals surface area contributed by atoms with Crippen molar-refractivity contribution in [2.24, 2.45) is 0 Å². The second-order valence-corrected chi connectivity index (χ2v) is 5.36. The lowest BCUT2D eigenvalue weighted by Gasteiger charge is -2.11. The summed E-state index contributed by atoms with van der Waals surface area (Å²) in [6.45, 7) is 0. The summed E-state index contributed by atoms with van der Waals surface area (Å²) in [7, 11) is 0. The number of anilines is 1. The Bertz CT molecular complexity index is 515. The van der Waals surface area contributed by atoms with Crippen LogP contribution in [0, 0.1) is 0 Å². The van der Waals surface area contributed by atoms with Crippen LogP contribution < -0.4 is 5.73 Å². The molecule has 0 saturated heterocycles. The van der Waals surface area contributed by atoms with Crippen LogP contribution in [0.25, 0.3) is 0 Å². The van der Waals surface area contributed by atoms with Gasteiger partial charge in [0.25, 0.3) is 0 Å². The van der Waals surface area contributed by atoms with Crippen molar-refractivity contribution in [1.82, 2.24) is 4.98 Å². The van der Waals surface area contributed by atoms with Gasteiger partial charge in [-0.1, -0.05) is 23.2 Å². The Morgan fingerprint density at radius 3 is 2.75 bits per heavy atom. The predicted molar refractivity (Wildman–Crippen MR) is 67.1 cm³/mol. The molecule has 0 radical (unpaired) electrons. The second-order valence-electron chi connectivity index (χ2n) is 3.17. The summed E-state index contributed by atoms with van der Waals surface area (Å²) < 4.78 is 0.614. The van der Waals surface area contributed by atoms with E-state index in [1.165, 1.54) is 17.5 Å². The number of aromatic nitrogens is 1. The van der Waals surface area contributed by atoms with E-state index in [9.17, 15) is 5.11 Å². The fourth-order valence-electron chi connectivity index (χ4n) is 1.31. The van der Waals surface area contributed by atoms with Crippen LogP contribution in [0.15, 0.2) is 24.4 Å². The molecule has 2 rings (SSSR count). The molecule has 3 nitrogen and oxygen atoms in total. The molecule has 16 heavy (non-hydrogen) atoms. The van der Waals surface area contributed by atoms with Crippen LogP contribution in [-0.4, -0.2) is 10.1 Å².